The number of aliphatic carboxylic acids is 1. The largest absolute Gasteiger partial charge is 0.494 e. The van der Waals surface area contributed by atoms with Gasteiger partial charge in [0.05, 0.1) is 7.11 Å². The third-order valence-electron chi connectivity index (χ3n) is 1.83. The second-order valence-electron chi connectivity index (χ2n) is 3.09. The topological polar surface area (TPSA) is 63.6 Å². The van der Waals surface area contributed by atoms with E-state index in [1.54, 1.807) is 6.07 Å². The lowest BCUT2D eigenvalue weighted by molar-refractivity contribution is -0.133. The molecule has 0 amide bonds. The molecular weight excluding hydrogens is 235 g/mol. The van der Waals surface area contributed by atoms with Crippen LogP contribution in [-0.4, -0.2) is 28.1 Å². The molecule has 0 aliphatic heterocycles. The predicted molar refractivity (Wildman–Crippen MR) is 57.3 cm³/mol. The van der Waals surface area contributed by atoms with Crippen molar-refractivity contribution < 1.29 is 23.2 Å². The minimum absolute atomic E-state index is 0.0210. The Morgan fingerprint density at radius 2 is 2.25 bits per heavy atom. The monoisotopic (exact) mass is 246 g/mol. The SMILES string of the molecule is COc1ccc(CS(=O)CC(=O)O)cc1F. The van der Waals surface area contributed by atoms with Gasteiger partial charge in [0.2, 0.25) is 0 Å². The molecule has 0 bridgehead atoms. The van der Waals surface area contributed by atoms with Gasteiger partial charge < -0.3 is 9.84 Å². The number of halogens is 1. The summed E-state index contributed by atoms with van der Waals surface area (Å²) in [5.41, 5.74) is 0.484. The number of carbonyl (C=O) groups is 1. The Hall–Kier alpha value is -1.43. The van der Waals surface area contributed by atoms with E-state index in [1.165, 1.54) is 19.2 Å². The summed E-state index contributed by atoms with van der Waals surface area (Å²) in [4.78, 5) is 10.3. The van der Waals surface area contributed by atoms with Crippen molar-refractivity contribution in [2.75, 3.05) is 12.9 Å². The first-order valence-electron chi connectivity index (χ1n) is 4.42. The zero-order valence-corrected chi connectivity index (χ0v) is 9.42. The van der Waals surface area contributed by atoms with Crippen LogP contribution in [0, 0.1) is 5.82 Å². The van der Waals surface area contributed by atoms with Gasteiger partial charge in [0.15, 0.2) is 11.6 Å². The van der Waals surface area contributed by atoms with Crippen LogP contribution < -0.4 is 4.74 Å². The Labute approximate surface area is 94.5 Å². The normalized spacial score (nSPS) is 12.1. The second kappa shape index (κ2) is 5.60. The summed E-state index contributed by atoms with van der Waals surface area (Å²) in [6, 6.07) is 4.17. The van der Waals surface area contributed by atoms with Crippen molar-refractivity contribution in [2.24, 2.45) is 0 Å². The zero-order valence-electron chi connectivity index (χ0n) is 8.60. The molecule has 4 nitrogen and oxygen atoms in total. The lowest BCUT2D eigenvalue weighted by Gasteiger charge is -2.04. The molecule has 0 saturated heterocycles. The number of hydrogen-bond donors (Lipinski definition) is 1. The van der Waals surface area contributed by atoms with Gasteiger partial charge in [-0.15, -0.1) is 0 Å². The molecule has 0 saturated carbocycles. The molecule has 1 aromatic rings. The number of ether oxygens (including phenoxy) is 1. The molecule has 1 rings (SSSR count). The Balaban J connectivity index is 2.71. The van der Waals surface area contributed by atoms with Crippen LogP contribution in [0.3, 0.4) is 0 Å². The van der Waals surface area contributed by atoms with E-state index in [-0.39, 0.29) is 11.5 Å². The van der Waals surface area contributed by atoms with Crippen molar-refractivity contribution in [1.29, 1.82) is 0 Å². The first kappa shape index (κ1) is 12.6. The summed E-state index contributed by atoms with van der Waals surface area (Å²) in [7, 11) is -0.177. The summed E-state index contributed by atoms with van der Waals surface area (Å²) < 4.78 is 29.2. The smallest absolute Gasteiger partial charge is 0.316 e. The van der Waals surface area contributed by atoms with E-state index >= 15 is 0 Å². The van der Waals surface area contributed by atoms with Crippen LogP contribution in [-0.2, 0) is 21.3 Å². The van der Waals surface area contributed by atoms with Crippen LogP contribution in [0.15, 0.2) is 18.2 Å². The third kappa shape index (κ3) is 3.62. The molecule has 1 atom stereocenters. The van der Waals surface area contributed by atoms with Gasteiger partial charge in [0, 0.05) is 16.6 Å². The molecule has 1 aromatic carbocycles. The fraction of sp³-hybridized carbons (Fsp3) is 0.300. The van der Waals surface area contributed by atoms with Gasteiger partial charge in [0.25, 0.3) is 0 Å². The Morgan fingerprint density at radius 1 is 1.56 bits per heavy atom. The molecule has 0 aliphatic carbocycles. The highest BCUT2D eigenvalue weighted by molar-refractivity contribution is 7.84. The van der Waals surface area contributed by atoms with Gasteiger partial charge >= 0.3 is 5.97 Å². The minimum atomic E-state index is -1.52. The highest BCUT2D eigenvalue weighted by Gasteiger charge is 2.09. The summed E-state index contributed by atoms with van der Waals surface area (Å²) in [6.45, 7) is 0. The second-order valence-corrected chi connectivity index (χ2v) is 4.55. The van der Waals surface area contributed by atoms with E-state index in [1.807, 2.05) is 0 Å². The Kier molecular flexibility index (Phi) is 4.42. The Morgan fingerprint density at radius 3 is 2.75 bits per heavy atom. The quantitative estimate of drug-likeness (QED) is 0.847. The van der Waals surface area contributed by atoms with Crippen molar-refractivity contribution in [1.82, 2.24) is 0 Å². The molecule has 0 fully saturated rings. The molecule has 1 N–H and O–H groups in total. The lowest BCUT2D eigenvalue weighted by Crippen LogP contribution is -2.10. The van der Waals surface area contributed by atoms with Gasteiger partial charge in [-0.25, -0.2) is 4.39 Å². The van der Waals surface area contributed by atoms with Gasteiger partial charge in [-0.2, -0.15) is 0 Å². The van der Waals surface area contributed by atoms with E-state index in [4.69, 9.17) is 9.84 Å². The maximum atomic E-state index is 13.2. The van der Waals surface area contributed by atoms with Crippen LogP contribution in [0.2, 0.25) is 0 Å². The summed E-state index contributed by atoms with van der Waals surface area (Å²) in [5, 5.41) is 8.41. The van der Waals surface area contributed by atoms with E-state index in [9.17, 15) is 13.4 Å². The summed E-state index contributed by atoms with van der Waals surface area (Å²) in [5.74, 6) is -1.99. The Bertz CT molecular complexity index is 419. The standard InChI is InChI=1S/C10H11FO4S/c1-15-9-3-2-7(4-8(9)11)5-16(14)6-10(12)13/h2-4H,5-6H2,1H3,(H,12,13). The van der Waals surface area contributed by atoms with Gasteiger partial charge in [0.1, 0.15) is 5.75 Å². The van der Waals surface area contributed by atoms with Crippen LogP contribution in [0.1, 0.15) is 5.56 Å². The predicted octanol–water partition coefficient (Wildman–Crippen LogP) is 1.17. The van der Waals surface area contributed by atoms with Crippen LogP contribution in [0.4, 0.5) is 4.39 Å². The highest BCUT2D eigenvalue weighted by atomic mass is 32.2. The number of benzene rings is 1. The number of carboxylic acids is 1. The van der Waals surface area contributed by atoms with Crippen LogP contribution in [0.5, 0.6) is 5.75 Å². The first-order valence-corrected chi connectivity index (χ1v) is 5.91. The number of carboxylic acid groups (broad SMARTS) is 1. The minimum Gasteiger partial charge on any atom is -0.494 e. The van der Waals surface area contributed by atoms with E-state index in [2.05, 4.69) is 0 Å². The summed E-state index contributed by atoms with van der Waals surface area (Å²) >= 11 is 0. The van der Waals surface area contributed by atoms with Crippen molar-refractivity contribution in [3.05, 3.63) is 29.6 Å². The molecule has 0 heterocycles. The highest BCUT2D eigenvalue weighted by Crippen LogP contribution is 2.18. The lowest BCUT2D eigenvalue weighted by atomic mass is 10.2. The fourth-order valence-corrected chi connectivity index (χ4v) is 2.10. The van der Waals surface area contributed by atoms with Gasteiger partial charge in [-0.3, -0.25) is 9.00 Å². The molecule has 0 spiro atoms. The number of hydrogen-bond acceptors (Lipinski definition) is 3. The number of methoxy groups -OCH3 is 1. The maximum absolute atomic E-state index is 13.2. The molecule has 1 unspecified atom stereocenters. The molecule has 0 radical (unpaired) electrons. The van der Waals surface area contributed by atoms with Crippen molar-refractivity contribution >= 4 is 16.8 Å². The fourth-order valence-electron chi connectivity index (χ4n) is 1.17. The number of rotatable bonds is 5. The maximum Gasteiger partial charge on any atom is 0.316 e. The van der Waals surface area contributed by atoms with Crippen LogP contribution in [0.25, 0.3) is 0 Å². The average molecular weight is 246 g/mol. The molecule has 0 aromatic heterocycles. The van der Waals surface area contributed by atoms with Gasteiger partial charge in [-0.05, 0) is 17.7 Å². The van der Waals surface area contributed by atoms with Crippen LogP contribution >= 0.6 is 0 Å². The summed E-state index contributed by atoms with van der Waals surface area (Å²) in [6.07, 6.45) is 0. The van der Waals surface area contributed by atoms with E-state index in [0.29, 0.717) is 5.56 Å². The molecule has 88 valence electrons. The van der Waals surface area contributed by atoms with E-state index in [0.717, 1.165) is 0 Å². The zero-order chi connectivity index (χ0) is 12.1. The van der Waals surface area contributed by atoms with Crippen molar-refractivity contribution in [2.45, 2.75) is 5.75 Å². The molecule has 0 aliphatic rings. The first-order chi connectivity index (χ1) is 7.52. The van der Waals surface area contributed by atoms with E-state index < -0.39 is 28.3 Å². The molecule has 6 heteroatoms. The molecule has 16 heavy (non-hydrogen) atoms. The van der Waals surface area contributed by atoms with Crippen molar-refractivity contribution in [3.63, 3.8) is 0 Å². The third-order valence-corrected chi connectivity index (χ3v) is 3.05. The molecular formula is C10H11FO4S. The average Bonchev–Trinajstić information content (AvgIpc) is 2.16. The van der Waals surface area contributed by atoms with Gasteiger partial charge in [-0.1, -0.05) is 6.07 Å². The van der Waals surface area contributed by atoms with Crippen molar-refractivity contribution in [3.8, 4) is 5.75 Å².